The highest BCUT2D eigenvalue weighted by Crippen LogP contribution is 2.23. The first-order valence-corrected chi connectivity index (χ1v) is 7.22. The Hall–Kier alpha value is -3.09. The zero-order valence-electron chi connectivity index (χ0n) is 12.3. The third-order valence-corrected chi connectivity index (χ3v) is 3.74. The van der Waals surface area contributed by atoms with Gasteiger partial charge in [0.15, 0.2) is 23.1 Å². The first-order chi connectivity index (χ1) is 11.6. The van der Waals surface area contributed by atoms with E-state index in [0.717, 1.165) is 17.7 Å². The quantitative estimate of drug-likeness (QED) is 0.620. The molecule has 7 heteroatoms. The van der Waals surface area contributed by atoms with E-state index in [1.165, 1.54) is 12.1 Å². The van der Waals surface area contributed by atoms with Gasteiger partial charge in [0.1, 0.15) is 5.82 Å². The molecular weight excluding hydrogens is 317 g/mol. The number of anilines is 1. The first kappa shape index (κ1) is 14.5. The number of nitrogens with one attached hydrogen (secondary N) is 1. The fourth-order valence-corrected chi connectivity index (χ4v) is 2.56. The van der Waals surface area contributed by atoms with Crippen LogP contribution in [0, 0.1) is 17.5 Å². The number of rotatable bonds is 3. The number of fused-ring (bicyclic) bond motifs is 3. The van der Waals surface area contributed by atoms with Crippen LogP contribution in [-0.2, 0) is 6.54 Å². The average Bonchev–Trinajstić information content (AvgIpc) is 3.06. The van der Waals surface area contributed by atoms with Crippen molar-refractivity contribution in [3.05, 3.63) is 71.8 Å². The van der Waals surface area contributed by atoms with E-state index in [1.807, 2.05) is 0 Å². The highest BCUT2D eigenvalue weighted by atomic mass is 19.2. The monoisotopic (exact) mass is 328 g/mol. The molecule has 0 aliphatic heterocycles. The molecule has 1 N–H and O–H groups in total. The predicted molar refractivity (Wildman–Crippen MR) is 84.1 cm³/mol. The van der Waals surface area contributed by atoms with Crippen molar-refractivity contribution < 1.29 is 13.2 Å². The summed E-state index contributed by atoms with van der Waals surface area (Å²) in [5.41, 5.74) is 2.08. The Balaban J connectivity index is 1.77. The molecule has 4 nitrogen and oxygen atoms in total. The summed E-state index contributed by atoms with van der Waals surface area (Å²) >= 11 is 0. The van der Waals surface area contributed by atoms with E-state index < -0.39 is 11.6 Å². The van der Waals surface area contributed by atoms with Crippen molar-refractivity contribution >= 4 is 22.5 Å². The maximum Gasteiger partial charge on any atom is 0.180 e. The molecule has 2 aromatic heterocycles. The number of benzene rings is 2. The van der Waals surface area contributed by atoms with Gasteiger partial charge < -0.3 is 5.32 Å². The van der Waals surface area contributed by atoms with Gasteiger partial charge >= 0.3 is 0 Å². The molecule has 0 aliphatic rings. The maximum atomic E-state index is 13.5. The number of hydrogen-bond acceptors (Lipinski definition) is 3. The second-order valence-corrected chi connectivity index (χ2v) is 5.32. The molecular formula is C17H11F3N4. The van der Waals surface area contributed by atoms with E-state index in [2.05, 4.69) is 15.3 Å². The molecule has 24 heavy (non-hydrogen) atoms. The Morgan fingerprint density at radius 2 is 1.75 bits per heavy atom. The fourth-order valence-electron chi connectivity index (χ4n) is 2.56. The number of aromatic nitrogens is 3. The fraction of sp³-hybridized carbons (Fsp3) is 0.0588. The van der Waals surface area contributed by atoms with Crippen LogP contribution in [0.5, 0.6) is 0 Å². The van der Waals surface area contributed by atoms with Gasteiger partial charge in [-0.25, -0.2) is 23.1 Å². The lowest BCUT2D eigenvalue weighted by atomic mass is 10.2. The van der Waals surface area contributed by atoms with E-state index in [0.29, 0.717) is 29.0 Å². The lowest BCUT2D eigenvalue weighted by Gasteiger charge is -2.10. The Morgan fingerprint density at radius 1 is 1.00 bits per heavy atom. The normalized spacial score (nSPS) is 11.3. The summed E-state index contributed by atoms with van der Waals surface area (Å²) in [7, 11) is 0. The largest absolute Gasteiger partial charge is 0.363 e. The highest BCUT2D eigenvalue weighted by molar-refractivity contribution is 5.83. The molecule has 2 heterocycles. The molecule has 0 bridgehead atoms. The molecule has 0 atom stereocenters. The van der Waals surface area contributed by atoms with Crippen LogP contribution in [-0.4, -0.2) is 14.4 Å². The Kier molecular flexibility index (Phi) is 3.34. The van der Waals surface area contributed by atoms with Crippen LogP contribution in [0.2, 0.25) is 0 Å². The second kappa shape index (κ2) is 5.52. The zero-order chi connectivity index (χ0) is 16.7. The van der Waals surface area contributed by atoms with E-state index >= 15 is 0 Å². The highest BCUT2D eigenvalue weighted by Gasteiger charge is 2.12. The van der Waals surface area contributed by atoms with Gasteiger partial charge in [0.2, 0.25) is 0 Å². The molecule has 4 rings (SSSR count). The Morgan fingerprint density at radius 3 is 2.54 bits per heavy atom. The summed E-state index contributed by atoms with van der Waals surface area (Å²) in [5, 5.41) is 3.10. The molecule has 120 valence electrons. The molecule has 0 spiro atoms. The summed E-state index contributed by atoms with van der Waals surface area (Å²) in [5.74, 6) is -1.77. The van der Waals surface area contributed by atoms with Crippen LogP contribution in [0.15, 0.2) is 48.8 Å². The van der Waals surface area contributed by atoms with Crippen LogP contribution in [0.4, 0.5) is 19.0 Å². The van der Waals surface area contributed by atoms with E-state index in [9.17, 15) is 13.2 Å². The molecule has 0 fully saturated rings. The smallest absolute Gasteiger partial charge is 0.180 e. The third kappa shape index (κ3) is 2.44. The van der Waals surface area contributed by atoms with Gasteiger partial charge in [0, 0.05) is 31.1 Å². The number of hydrogen-bond donors (Lipinski definition) is 1. The average molecular weight is 328 g/mol. The SMILES string of the molecule is Fc1ccc(CNc2nc3cc(F)c(F)cc3n3ccnc23)cc1. The number of imidazole rings is 1. The van der Waals surface area contributed by atoms with Gasteiger partial charge in [-0.15, -0.1) is 0 Å². The minimum atomic E-state index is -0.959. The number of nitrogens with zero attached hydrogens (tertiary/aromatic N) is 3. The molecule has 0 radical (unpaired) electrons. The molecule has 0 unspecified atom stereocenters. The van der Waals surface area contributed by atoms with Gasteiger partial charge in [-0.3, -0.25) is 4.40 Å². The summed E-state index contributed by atoms with van der Waals surface area (Å²) < 4.78 is 41.6. The third-order valence-electron chi connectivity index (χ3n) is 3.74. The van der Waals surface area contributed by atoms with E-state index in [1.54, 1.807) is 28.9 Å². The summed E-state index contributed by atoms with van der Waals surface area (Å²) in [4.78, 5) is 8.54. The van der Waals surface area contributed by atoms with Gasteiger partial charge in [0.25, 0.3) is 0 Å². The predicted octanol–water partition coefficient (Wildman–Crippen LogP) is 3.91. The minimum Gasteiger partial charge on any atom is -0.363 e. The molecule has 0 aliphatic carbocycles. The molecule has 0 amide bonds. The maximum absolute atomic E-state index is 13.5. The van der Waals surface area contributed by atoms with E-state index in [4.69, 9.17) is 0 Å². The molecule has 2 aromatic carbocycles. The summed E-state index contributed by atoms with van der Waals surface area (Å²) in [6.07, 6.45) is 3.21. The van der Waals surface area contributed by atoms with Crippen LogP contribution in [0.25, 0.3) is 16.7 Å². The zero-order valence-corrected chi connectivity index (χ0v) is 12.3. The van der Waals surface area contributed by atoms with E-state index in [-0.39, 0.29) is 5.82 Å². The van der Waals surface area contributed by atoms with Crippen molar-refractivity contribution in [3.63, 3.8) is 0 Å². The Bertz CT molecular complexity index is 1040. The standard InChI is InChI=1S/C17H11F3N4/c18-11-3-1-10(2-4-11)9-22-16-17-21-5-6-24(17)15-8-13(20)12(19)7-14(15)23-16/h1-8H,9H2,(H,22,23). The van der Waals surface area contributed by atoms with Gasteiger partial charge in [-0.1, -0.05) is 12.1 Å². The Labute approximate surface area is 134 Å². The van der Waals surface area contributed by atoms with Crippen molar-refractivity contribution in [2.75, 3.05) is 5.32 Å². The van der Waals surface area contributed by atoms with Gasteiger partial charge in [0.05, 0.1) is 11.0 Å². The van der Waals surface area contributed by atoms with Crippen molar-refractivity contribution in [3.8, 4) is 0 Å². The lowest BCUT2D eigenvalue weighted by Crippen LogP contribution is -2.05. The second-order valence-electron chi connectivity index (χ2n) is 5.32. The van der Waals surface area contributed by atoms with Crippen molar-refractivity contribution in [2.45, 2.75) is 6.54 Å². The molecule has 0 saturated carbocycles. The topological polar surface area (TPSA) is 42.2 Å². The minimum absolute atomic E-state index is 0.306. The van der Waals surface area contributed by atoms with Crippen LogP contribution >= 0.6 is 0 Å². The molecule has 0 saturated heterocycles. The lowest BCUT2D eigenvalue weighted by molar-refractivity contribution is 0.510. The summed E-state index contributed by atoms with van der Waals surface area (Å²) in [6, 6.07) is 8.19. The van der Waals surface area contributed by atoms with Gasteiger partial charge in [-0.05, 0) is 17.7 Å². The number of halogens is 3. The van der Waals surface area contributed by atoms with Crippen LogP contribution in [0.1, 0.15) is 5.56 Å². The first-order valence-electron chi connectivity index (χ1n) is 7.22. The van der Waals surface area contributed by atoms with Crippen LogP contribution in [0.3, 0.4) is 0 Å². The van der Waals surface area contributed by atoms with Crippen LogP contribution < -0.4 is 5.32 Å². The molecule has 4 aromatic rings. The van der Waals surface area contributed by atoms with Crippen molar-refractivity contribution in [2.24, 2.45) is 0 Å². The van der Waals surface area contributed by atoms with Crippen molar-refractivity contribution in [1.29, 1.82) is 0 Å². The van der Waals surface area contributed by atoms with Crippen molar-refractivity contribution in [1.82, 2.24) is 14.4 Å². The summed E-state index contributed by atoms with van der Waals surface area (Å²) in [6.45, 7) is 0.394. The van der Waals surface area contributed by atoms with Gasteiger partial charge in [-0.2, -0.15) is 0 Å².